The summed E-state index contributed by atoms with van der Waals surface area (Å²) in [5, 5.41) is 8.95. The van der Waals surface area contributed by atoms with Gasteiger partial charge in [-0.15, -0.1) is 0 Å². The Kier molecular flexibility index (Phi) is 5.14. The average molecular weight is 287 g/mol. The lowest BCUT2D eigenvalue weighted by Gasteiger charge is -2.14. The van der Waals surface area contributed by atoms with E-state index in [0.717, 1.165) is 18.4 Å². The fourth-order valence-electron chi connectivity index (χ4n) is 2.52. The van der Waals surface area contributed by atoms with Crippen LogP contribution in [0.2, 0.25) is 0 Å². The van der Waals surface area contributed by atoms with Gasteiger partial charge in [-0.2, -0.15) is 0 Å². The third-order valence-electron chi connectivity index (χ3n) is 3.87. The molecule has 0 aromatic heterocycles. The summed E-state index contributed by atoms with van der Waals surface area (Å²) in [6, 6.07) is 10.2. The number of carbonyl (C=O) groups is 2. The smallest absolute Gasteiger partial charge is 0.308 e. The van der Waals surface area contributed by atoms with Gasteiger partial charge >= 0.3 is 5.97 Å². The molecule has 1 atom stereocenters. The Hall–Kier alpha value is -2.10. The van der Waals surface area contributed by atoms with Crippen LogP contribution in [0.4, 0.5) is 0 Å². The molecule has 0 radical (unpaired) electrons. The van der Waals surface area contributed by atoms with Crippen LogP contribution in [0.5, 0.6) is 0 Å². The second kappa shape index (κ2) is 7.07. The van der Waals surface area contributed by atoms with Crippen LogP contribution in [0.15, 0.2) is 42.0 Å². The molecule has 1 unspecified atom stereocenters. The summed E-state index contributed by atoms with van der Waals surface area (Å²) in [7, 11) is 0. The maximum absolute atomic E-state index is 12.1. The maximum Gasteiger partial charge on any atom is 0.308 e. The van der Waals surface area contributed by atoms with Crippen molar-refractivity contribution in [1.29, 1.82) is 0 Å². The number of carboxylic acid groups (broad SMARTS) is 1. The molecular formula is C17H21NO3. The quantitative estimate of drug-likeness (QED) is 0.847. The highest BCUT2D eigenvalue weighted by molar-refractivity contribution is 5.89. The van der Waals surface area contributed by atoms with E-state index >= 15 is 0 Å². The van der Waals surface area contributed by atoms with Crippen LogP contribution in [0, 0.1) is 5.92 Å². The van der Waals surface area contributed by atoms with Crippen molar-refractivity contribution in [3.63, 3.8) is 0 Å². The van der Waals surface area contributed by atoms with Gasteiger partial charge in [-0.05, 0) is 31.7 Å². The second-order valence-electron chi connectivity index (χ2n) is 5.58. The van der Waals surface area contributed by atoms with Crippen LogP contribution < -0.4 is 0 Å². The number of likely N-dealkylation sites (tertiary alicyclic amines) is 1. The monoisotopic (exact) mass is 287 g/mol. The number of hydrogen-bond donors (Lipinski definition) is 1. The molecule has 1 aliphatic heterocycles. The molecule has 4 nitrogen and oxygen atoms in total. The van der Waals surface area contributed by atoms with Gasteiger partial charge in [0.1, 0.15) is 0 Å². The van der Waals surface area contributed by atoms with Crippen molar-refractivity contribution in [3.8, 4) is 0 Å². The minimum atomic E-state index is -0.810. The first kappa shape index (κ1) is 15.3. The number of hydrogen-bond acceptors (Lipinski definition) is 2. The predicted octanol–water partition coefficient (Wildman–Crippen LogP) is 2.50. The molecule has 0 aliphatic carbocycles. The minimum Gasteiger partial charge on any atom is -0.481 e. The topological polar surface area (TPSA) is 57.6 Å². The number of carbonyl (C=O) groups excluding carboxylic acids is 1. The number of aliphatic carboxylic acids is 1. The third kappa shape index (κ3) is 4.45. The van der Waals surface area contributed by atoms with Gasteiger partial charge < -0.3 is 10.0 Å². The number of benzene rings is 1. The van der Waals surface area contributed by atoms with Crippen LogP contribution in [-0.2, 0) is 16.0 Å². The number of amides is 1. The number of aryl methyl sites for hydroxylation is 1. The summed E-state index contributed by atoms with van der Waals surface area (Å²) in [5.74, 6) is -1.29. The van der Waals surface area contributed by atoms with Gasteiger partial charge in [-0.25, -0.2) is 0 Å². The van der Waals surface area contributed by atoms with E-state index < -0.39 is 11.9 Å². The molecule has 0 saturated carbocycles. The molecule has 1 amide bonds. The summed E-state index contributed by atoms with van der Waals surface area (Å²) in [6.07, 6.45) is 3.95. The van der Waals surface area contributed by atoms with Gasteiger partial charge in [-0.1, -0.05) is 35.9 Å². The Morgan fingerprint density at radius 1 is 1.33 bits per heavy atom. The van der Waals surface area contributed by atoms with Crippen molar-refractivity contribution >= 4 is 11.9 Å². The molecule has 1 aliphatic rings. The Labute approximate surface area is 125 Å². The van der Waals surface area contributed by atoms with Crippen LogP contribution >= 0.6 is 0 Å². The van der Waals surface area contributed by atoms with Crippen molar-refractivity contribution in [2.75, 3.05) is 13.1 Å². The van der Waals surface area contributed by atoms with Gasteiger partial charge in [0.25, 0.3) is 0 Å². The lowest BCUT2D eigenvalue weighted by atomic mass is 10.1. The predicted molar refractivity (Wildman–Crippen MR) is 80.8 cm³/mol. The fourth-order valence-corrected chi connectivity index (χ4v) is 2.52. The van der Waals surface area contributed by atoms with Gasteiger partial charge in [0.2, 0.25) is 5.91 Å². The summed E-state index contributed by atoms with van der Waals surface area (Å²) >= 11 is 0. The number of carboxylic acids is 1. The van der Waals surface area contributed by atoms with Crippen molar-refractivity contribution < 1.29 is 14.7 Å². The molecule has 0 bridgehead atoms. The van der Waals surface area contributed by atoms with Gasteiger partial charge in [-0.3, -0.25) is 9.59 Å². The van der Waals surface area contributed by atoms with E-state index in [1.807, 2.05) is 25.1 Å². The van der Waals surface area contributed by atoms with E-state index in [1.165, 1.54) is 5.56 Å². The Balaban J connectivity index is 1.84. The van der Waals surface area contributed by atoms with E-state index in [2.05, 4.69) is 12.1 Å². The van der Waals surface area contributed by atoms with Crippen molar-refractivity contribution in [3.05, 3.63) is 47.5 Å². The zero-order valence-electron chi connectivity index (χ0n) is 12.3. The summed E-state index contributed by atoms with van der Waals surface area (Å²) < 4.78 is 0. The maximum atomic E-state index is 12.1. The molecule has 2 rings (SSSR count). The summed E-state index contributed by atoms with van der Waals surface area (Å²) in [6.45, 7) is 2.82. The zero-order chi connectivity index (χ0) is 15.2. The molecule has 1 N–H and O–H groups in total. The van der Waals surface area contributed by atoms with E-state index in [0.29, 0.717) is 19.5 Å². The highest BCUT2D eigenvalue weighted by Crippen LogP contribution is 2.17. The first-order valence-corrected chi connectivity index (χ1v) is 7.29. The normalized spacial score (nSPS) is 18.8. The summed E-state index contributed by atoms with van der Waals surface area (Å²) in [5.41, 5.74) is 2.28. The molecule has 1 aromatic carbocycles. The second-order valence-corrected chi connectivity index (χ2v) is 5.58. The Bertz CT molecular complexity index is 536. The van der Waals surface area contributed by atoms with Crippen LogP contribution in [0.3, 0.4) is 0 Å². The average Bonchev–Trinajstić information content (AvgIpc) is 2.96. The molecule has 21 heavy (non-hydrogen) atoms. The van der Waals surface area contributed by atoms with Crippen molar-refractivity contribution in [2.45, 2.75) is 26.2 Å². The molecule has 1 aromatic rings. The molecule has 112 valence electrons. The molecule has 0 spiro atoms. The number of rotatable bonds is 5. The number of nitrogens with zero attached hydrogens (tertiary/aromatic N) is 1. The lowest BCUT2D eigenvalue weighted by Crippen LogP contribution is -2.28. The van der Waals surface area contributed by atoms with Crippen molar-refractivity contribution in [1.82, 2.24) is 4.90 Å². The third-order valence-corrected chi connectivity index (χ3v) is 3.87. The Morgan fingerprint density at radius 2 is 2.05 bits per heavy atom. The zero-order valence-corrected chi connectivity index (χ0v) is 12.3. The number of allylic oxidation sites excluding steroid dienone is 1. The molecule has 1 saturated heterocycles. The standard InChI is InChI=1S/C17H21NO3/c1-13(7-8-14-5-3-2-4-6-14)11-16(19)18-10-9-15(12-18)17(20)21/h2-6,11,15H,7-10,12H2,1H3,(H,20,21). The first-order chi connectivity index (χ1) is 10.1. The molecular weight excluding hydrogens is 266 g/mol. The fraction of sp³-hybridized carbons (Fsp3) is 0.412. The SMILES string of the molecule is CC(=CC(=O)N1CCC(C(=O)O)C1)CCc1ccccc1. The van der Waals surface area contributed by atoms with Gasteiger partial charge in [0.05, 0.1) is 5.92 Å². The Morgan fingerprint density at radius 3 is 2.67 bits per heavy atom. The molecule has 1 fully saturated rings. The van der Waals surface area contributed by atoms with Gasteiger partial charge in [0.15, 0.2) is 0 Å². The largest absolute Gasteiger partial charge is 0.481 e. The molecule has 4 heteroatoms. The lowest BCUT2D eigenvalue weighted by molar-refractivity contribution is -0.141. The van der Waals surface area contributed by atoms with Crippen molar-refractivity contribution in [2.24, 2.45) is 5.92 Å². The van der Waals surface area contributed by atoms with E-state index in [9.17, 15) is 9.59 Å². The first-order valence-electron chi connectivity index (χ1n) is 7.29. The highest BCUT2D eigenvalue weighted by Gasteiger charge is 2.29. The van der Waals surface area contributed by atoms with E-state index in [4.69, 9.17) is 5.11 Å². The van der Waals surface area contributed by atoms with Gasteiger partial charge in [0, 0.05) is 19.2 Å². The van der Waals surface area contributed by atoms with Crippen LogP contribution in [0.1, 0.15) is 25.3 Å². The van der Waals surface area contributed by atoms with Crippen LogP contribution in [-0.4, -0.2) is 35.0 Å². The van der Waals surface area contributed by atoms with E-state index in [-0.39, 0.29) is 5.91 Å². The van der Waals surface area contributed by atoms with E-state index in [1.54, 1.807) is 11.0 Å². The highest BCUT2D eigenvalue weighted by atomic mass is 16.4. The molecule has 1 heterocycles. The van der Waals surface area contributed by atoms with Crippen LogP contribution in [0.25, 0.3) is 0 Å². The summed E-state index contributed by atoms with van der Waals surface area (Å²) in [4.78, 5) is 24.6. The minimum absolute atomic E-state index is 0.0655.